The van der Waals surface area contributed by atoms with Gasteiger partial charge in [0.25, 0.3) is 5.91 Å². The molecular formula is C5H8N2O4. The molecule has 1 rings (SSSR count). The number of rotatable bonds is 1. The zero-order valence-electron chi connectivity index (χ0n) is 5.57. The number of carbonyl (C=O) groups is 2. The number of β-amino-alcohol motifs (C(OH)–C–C–N with tert-alkyl or cyclic N) is 1. The van der Waals surface area contributed by atoms with Gasteiger partial charge in [-0.05, 0) is 0 Å². The fourth-order valence-corrected chi connectivity index (χ4v) is 0.971. The molecule has 0 saturated carbocycles. The summed E-state index contributed by atoms with van der Waals surface area (Å²) in [5.41, 5.74) is 1.31. The summed E-state index contributed by atoms with van der Waals surface area (Å²) in [4.78, 5) is 21.4. The van der Waals surface area contributed by atoms with Gasteiger partial charge in [-0.2, -0.15) is 0 Å². The first-order chi connectivity index (χ1) is 5.16. The smallest absolute Gasteiger partial charge is 0.258 e. The zero-order chi connectivity index (χ0) is 8.43. The largest absolute Gasteiger partial charge is 0.390 e. The van der Waals surface area contributed by atoms with Gasteiger partial charge in [0.1, 0.15) is 5.92 Å². The van der Waals surface area contributed by atoms with Gasteiger partial charge in [-0.15, -0.1) is 0 Å². The molecule has 2 amide bonds. The molecular weight excluding hydrogens is 152 g/mol. The molecule has 6 heteroatoms. The Bertz CT molecular complexity index is 193. The summed E-state index contributed by atoms with van der Waals surface area (Å²) in [7, 11) is 0. The summed E-state index contributed by atoms with van der Waals surface area (Å²) >= 11 is 0. The minimum Gasteiger partial charge on any atom is -0.390 e. The SMILES string of the molecule is O=C(NO)[C@H]1C(=O)NC[C@@H]1O. The highest BCUT2D eigenvalue weighted by atomic mass is 16.5. The first kappa shape index (κ1) is 7.96. The quantitative estimate of drug-likeness (QED) is 0.195. The second-order valence-electron chi connectivity index (χ2n) is 2.27. The number of amides is 2. The molecule has 1 fully saturated rings. The standard InChI is InChI=1S/C5H8N2O4/c8-2-1-6-4(9)3(2)5(10)7-11/h2-3,8,11H,1H2,(H,6,9)(H,7,10)/t2-,3+/m0/s1. The van der Waals surface area contributed by atoms with E-state index in [1.165, 1.54) is 5.48 Å². The lowest BCUT2D eigenvalue weighted by Gasteiger charge is -2.07. The molecule has 0 bridgehead atoms. The molecule has 0 aromatic rings. The van der Waals surface area contributed by atoms with Gasteiger partial charge < -0.3 is 10.4 Å². The minimum absolute atomic E-state index is 0.0525. The van der Waals surface area contributed by atoms with Crippen LogP contribution in [0.5, 0.6) is 0 Å². The third kappa shape index (κ3) is 1.31. The van der Waals surface area contributed by atoms with Crippen molar-refractivity contribution in [2.75, 3.05) is 6.54 Å². The van der Waals surface area contributed by atoms with Crippen LogP contribution >= 0.6 is 0 Å². The van der Waals surface area contributed by atoms with Gasteiger partial charge in [-0.25, -0.2) is 5.48 Å². The van der Waals surface area contributed by atoms with E-state index in [9.17, 15) is 9.59 Å². The molecule has 0 aliphatic carbocycles. The number of hydrogen-bond acceptors (Lipinski definition) is 4. The van der Waals surface area contributed by atoms with Crippen LogP contribution in [0.2, 0.25) is 0 Å². The second-order valence-corrected chi connectivity index (χ2v) is 2.27. The maximum atomic E-state index is 10.7. The summed E-state index contributed by atoms with van der Waals surface area (Å²) < 4.78 is 0. The van der Waals surface area contributed by atoms with Crippen molar-refractivity contribution in [3.8, 4) is 0 Å². The first-order valence-electron chi connectivity index (χ1n) is 3.06. The van der Waals surface area contributed by atoms with E-state index in [1.807, 2.05) is 0 Å². The first-order valence-corrected chi connectivity index (χ1v) is 3.06. The Morgan fingerprint density at radius 2 is 2.36 bits per heavy atom. The van der Waals surface area contributed by atoms with Crippen LogP contribution in [0, 0.1) is 5.92 Å². The van der Waals surface area contributed by atoms with Crippen molar-refractivity contribution in [2.24, 2.45) is 5.92 Å². The van der Waals surface area contributed by atoms with Crippen LogP contribution in [0.4, 0.5) is 0 Å². The van der Waals surface area contributed by atoms with Gasteiger partial charge in [0.15, 0.2) is 0 Å². The lowest BCUT2D eigenvalue weighted by Crippen LogP contribution is -2.37. The van der Waals surface area contributed by atoms with Gasteiger partial charge in [-0.3, -0.25) is 14.8 Å². The minimum atomic E-state index is -1.18. The summed E-state index contributed by atoms with van der Waals surface area (Å²) in [6, 6.07) is 0. The van der Waals surface area contributed by atoms with Gasteiger partial charge in [0.2, 0.25) is 5.91 Å². The molecule has 2 atom stereocenters. The number of hydrogen-bond donors (Lipinski definition) is 4. The van der Waals surface area contributed by atoms with Crippen molar-refractivity contribution in [1.82, 2.24) is 10.8 Å². The van der Waals surface area contributed by atoms with Crippen molar-refractivity contribution in [1.29, 1.82) is 0 Å². The maximum Gasteiger partial charge on any atom is 0.258 e. The predicted octanol–water partition coefficient (Wildman–Crippen LogP) is -2.40. The summed E-state index contributed by atoms with van der Waals surface area (Å²) in [6.45, 7) is 0.0525. The second kappa shape index (κ2) is 2.85. The van der Waals surface area contributed by atoms with Crippen LogP contribution in [0.3, 0.4) is 0 Å². The molecule has 62 valence electrons. The van der Waals surface area contributed by atoms with E-state index in [0.717, 1.165) is 0 Å². The monoisotopic (exact) mass is 160 g/mol. The normalized spacial score (nSPS) is 29.8. The highest BCUT2D eigenvalue weighted by molar-refractivity contribution is 6.02. The molecule has 1 saturated heterocycles. The van der Waals surface area contributed by atoms with Crippen LogP contribution in [-0.2, 0) is 9.59 Å². The van der Waals surface area contributed by atoms with Crippen molar-refractivity contribution < 1.29 is 19.9 Å². The molecule has 11 heavy (non-hydrogen) atoms. The van der Waals surface area contributed by atoms with Gasteiger partial charge in [0, 0.05) is 6.54 Å². The lowest BCUT2D eigenvalue weighted by molar-refractivity contribution is -0.141. The van der Waals surface area contributed by atoms with Gasteiger partial charge in [0.05, 0.1) is 6.10 Å². The molecule has 6 nitrogen and oxygen atoms in total. The van der Waals surface area contributed by atoms with E-state index in [-0.39, 0.29) is 6.54 Å². The van der Waals surface area contributed by atoms with E-state index in [0.29, 0.717) is 0 Å². The van der Waals surface area contributed by atoms with E-state index >= 15 is 0 Å². The maximum absolute atomic E-state index is 10.7. The lowest BCUT2D eigenvalue weighted by atomic mass is 10.1. The molecule has 1 heterocycles. The Labute approximate surface area is 62.2 Å². The van der Waals surface area contributed by atoms with E-state index in [1.54, 1.807) is 0 Å². The molecule has 1 aliphatic rings. The van der Waals surface area contributed by atoms with Gasteiger partial charge >= 0.3 is 0 Å². The van der Waals surface area contributed by atoms with Crippen molar-refractivity contribution in [3.63, 3.8) is 0 Å². The van der Waals surface area contributed by atoms with Crippen LogP contribution in [-0.4, -0.2) is 34.8 Å². The van der Waals surface area contributed by atoms with Crippen LogP contribution in [0.25, 0.3) is 0 Å². The Balaban J connectivity index is 2.68. The van der Waals surface area contributed by atoms with Gasteiger partial charge in [-0.1, -0.05) is 0 Å². The van der Waals surface area contributed by atoms with E-state index < -0.39 is 23.8 Å². The molecule has 0 aromatic carbocycles. The molecule has 0 aromatic heterocycles. The summed E-state index contributed by atoms with van der Waals surface area (Å²) in [6.07, 6.45) is -1.05. The average molecular weight is 160 g/mol. The summed E-state index contributed by atoms with van der Waals surface area (Å²) in [5, 5.41) is 19.4. The van der Waals surface area contributed by atoms with E-state index in [2.05, 4.69) is 5.32 Å². The Hall–Kier alpha value is -1.14. The van der Waals surface area contributed by atoms with Crippen LogP contribution < -0.4 is 10.8 Å². The van der Waals surface area contributed by atoms with Crippen molar-refractivity contribution in [3.05, 3.63) is 0 Å². The van der Waals surface area contributed by atoms with Crippen molar-refractivity contribution >= 4 is 11.8 Å². The number of aliphatic hydroxyl groups excluding tert-OH is 1. The predicted molar refractivity (Wildman–Crippen MR) is 32.4 cm³/mol. The Morgan fingerprint density at radius 1 is 1.73 bits per heavy atom. The van der Waals surface area contributed by atoms with Crippen molar-refractivity contribution in [2.45, 2.75) is 6.10 Å². The zero-order valence-corrected chi connectivity index (χ0v) is 5.57. The molecule has 0 radical (unpaired) electrons. The number of nitrogens with one attached hydrogen (secondary N) is 2. The third-order valence-electron chi connectivity index (χ3n) is 1.55. The molecule has 0 unspecified atom stereocenters. The van der Waals surface area contributed by atoms with Crippen LogP contribution in [0.1, 0.15) is 0 Å². The third-order valence-corrected chi connectivity index (χ3v) is 1.55. The Kier molecular flexibility index (Phi) is 2.06. The van der Waals surface area contributed by atoms with Crippen LogP contribution in [0.15, 0.2) is 0 Å². The summed E-state index contributed by atoms with van der Waals surface area (Å²) in [5.74, 6) is -2.63. The number of hydroxylamine groups is 1. The molecule has 0 spiro atoms. The van der Waals surface area contributed by atoms with E-state index in [4.69, 9.17) is 10.3 Å². The molecule has 1 aliphatic heterocycles. The fraction of sp³-hybridized carbons (Fsp3) is 0.600. The Morgan fingerprint density at radius 3 is 2.73 bits per heavy atom. The highest BCUT2D eigenvalue weighted by Gasteiger charge is 2.38. The molecule has 4 N–H and O–H groups in total. The average Bonchev–Trinajstić information content (AvgIpc) is 2.30. The highest BCUT2D eigenvalue weighted by Crippen LogP contribution is 2.09. The fourth-order valence-electron chi connectivity index (χ4n) is 0.971. The number of carbonyl (C=O) groups excluding carboxylic acids is 2. The topological polar surface area (TPSA) is 98.7 Å². The number of aliphatic hydroxyl groups is 1.